The molecule has 84 valence electrons. The molecule has 1 rings (SSSR count). The molecule has 1 heterocycles. The van der Waals surface area contributed by atoms with Crippen molar-refractivity contribution in [2.75, 3.05) is 5.73 Å². The van der Waals surface area contributed by atoms with Gasteiger partial charge in [-0.1, -0.05) is 95.6 Å². The Labute approximate surface area is 136 Å². The zero-order chi connectivity index (χ0) is 11.9. The van der Waals surface area contributed by atoms with Crippen molar-refractivity contribution in [1.29, 1.82) is 0 Å². The quantitative estimate of drug-likeness (QED) is 0.459. The summed E-state index contributed by atoms with van der Waals surface area (Å²) in [5.41, 5.74) is 5.57. The molecule has 1 aromatic heterocycles. The topological polar surface area (TPSA) is 64.7 Å². The van der Waals surface area contributed by atoms with Crippen LogP contribution >= 0.6 is 95.6 Å². The van der Waals surface area contributed by atoms with Crippen LogP contribution in [0, 0.1) is 0 Å². The number of hydrogen-bond donors (Lipinski definition) is 1. The Morgan fingerprint density at radius 2 is 1.07 bits per heavy atom. The van der Waals surface area contributed by atoms with Gasteiger partial charge in [0.15, 0.2) is 15.9 Å². The first-order chi connectivity index (χ1) is 6.60. The maximum Gasteiger partial charge on any atom is 0.223 e. The van der Waals surface area contributed by atoms with Gasteiger partial charge in [-0.05, 0) is 0 Å². The number of anilines is 1. The molecule has 0 aliphatic rings. The first-order valence-electron chi connectivity index (χ1n) is 3.26. The number of halogens is 6. The predicted molar refractivity (Wildman–Crippen MR) is 81.2 cm³/mol. The number of alkyl halides is 6. The third kappa shape index (κ3) is 4.46. The Bertz CT molecular complexity index is 337. The molecule has 0 unspecified atom stereocenters. The second-order valence-electron chi connectivity index (χ2n) is 2.34. The molecule has 0 radical (unpaired) electrons. The van der Waals surface area contributed by atoms with Gasteiger partial charge in [0.1, 0.15) is 0 Å². The minimum atomic E-state index is -0.725. The standard InChI is InChI=1S/C5H2Br6N4/c6-4(7,8)1-13-2(5(9,10)11)15-3(12)14-1/h(H2,12,13,14,15). The van der Waals surface area contributed by atoms with E-state index < -0.39 is 4.29 Å². The largest absolute Gasteiger partial charge is 0.368 e. The van der Waals surface area contributed by atoms with E-state index in [-0.39, 0.29) is 5.95 Å². The Kier molecular flexibility index (Phi) is 5.04. The molecular formula is C5H2Br6N4. The molecule has 0 aliphatic carbocycles. The highest BCUT2D eigenvalue weighted by Gasteiger charge is 2.31. The van der Waals surface area contributed by atoms with Crippen molar-refractivity contribution in [1.82, 2.24) is 15.0 Å². The number of hydrogen-bond acceptors (Lipinski definition) is 4. The van der Waals surface area contributed by atoms with E-state index in [2.05, 4.69) is 111 Å². The third-order valence-electron chi connectivity index (χ3n) is 1.16. The number of nitrogens with two attached hydrogens (primary N) is 1. The van der Waals surface area contributed by atoms with Gasteiger partial charge in [-0.15, -0.1) is 0 Å². The van der Waals surface area contributed by atoms with Gasteiger partial charge < -0.3 is 5.73 Å². The summed E-state index contributed by atoms with van der Waals surface area (Å²) in [6.45, 7) is 0. The first kappa shape index (κ1) is 14.7. The van der Waals surface area contributed by atoms with Crippen LogP contribution in [0.25, 0.3) is 0 Å². The zero-order valence-electron chi connectivity index (χ0n) is 6.69. The van der Waals surface area contributed by atoms with Crippen LogP contribution in [0.2, 0.25) is 0 Å². The van der Waals surface area contributed by atoms with E-state index >= 15 is 0 Å². The highest BCUT2D eigenvalue weighted by atomic mass is 80.0. The lowest BCUT2D eigenvalue weighted by molar-refractivity contribution is 0.897. The van der Waals surface area contributed by atoms with Crippen LogP contribution in [0.5, 0.6) is 0 Å². The van der Waals surface area contributed by atoms with Gasteiger partial charge in [0, 0.05) is 0 Å². The van der Waals surface area contributed by atoms with Crippen molar-refractivity contribution in [3.05, 3.63) is 11.6 Å². The van der Waals surface area contributed by atoms with E-state index in [1.54, 1.807) is 0 Å². The van der Waals surface area contributed by atoms with Crippen molar-refractivity contribution < 1.29 is 0 Å². The Morgan fingerprint density at radius 1 is 0.733 bits per heavy atom. The van der Waals surface area contributed by atoms with Crippen molar-refractivity contribution in [3.63, 3.8) is 0 Å². The minimum absolute atomic E-state index is 0.125. The molecule has 0 spiro atoms. The molecule has 0 aliphatic heterocycles. The molecule has 4 nitrogen and oxygen atoms in total. The summed E-state index contributed by atoms with van der Waals surface area (Å²) >= 11 is 19.8. The van der Waals surface area contributed by atoms with E-state index in [9.17, 15) is 0 Å². The lowest BCUT2D eigenvalue weighted by Crippen LogP contribution is -2.16. The molecular weight excluding hydrogens is 596 g/mol. The van der Waals surface area contributed by atoms with Crippen LogP contribution in [0.4, 0.5) is 5.95 Å². The van der Waals surface area contributed by atoms with Crippen LogP contribution in [-0.2, 0) is 4.29 Å². The van der Waals surface area contributed by atoms with Gasteiger partial charge in [0.25, 0.3) is 0 Å². The lowest BCUT2D eigenvalue weighted by atomic mass is 10.6. The Balaban J connectivity index is 3.30. The maximum absolute atomic E-state index is 5.57. The van der Waals surface area contributed by atoms with Gasteiger partial charge in [-0.25, -0.2) is 4.98 Å². The van der Waals surface area contributed by atoms with Crippen molar-refractivity contribution in [2.24, 2.45) is 0 Å². The highest BCUT2D eigenvalue weighted by molar-refractivity contribution is 9.39. The van der Waals surface area contributed by atoms with Gasteiger partial charge >= 0.3 is 0 Å². The molecule has 15 heavy (non-hydrogen) atoms. The van der Waals surface area contributed by atoms with Gasteiger partial charge in [-0.2, -0.15) is 9.97 Å². The molecule has 2 N–H and O–H groups in total. The fraction of sp³-hybridized carbons (Fsp3) is 0.400. The molecule has 1 aromatic rings. The normalized spacial score (nSPS) is 12.9. The SMILES string of the molecule is Nc1nc(C(Br)(Br)Br)nc(C(Br)(Br)Br)n1. The average Bonchev–Trinajstić information content (AvgIpc) is 1.99. The minimum Gasteiger partial charge on any atom is -0.368 e. The van der Waals surface area contributed by atoms with Gasteiger partial charge in [0.05, 0.1) is 0 Å². The summed E-state index contributed by atoms with van der Waals surface area (Å²) in [6.07, 6.45) is 0. The molecule has 0 fully saturated rings. The Hall–Kier alpha value is 1.69. The Morgan fingerprint density at radius 3 is 1.33 bits per heavy atom. The number of nitrogens with zero attached hydrogens (tertiary/aromatic N) is 3. The van der Waals surface area contributed by atoms with Crippen molar-refractivity contribution in [2.45, 2.75) is 4.29 Å². The van der Waals surface area contributed by atoms with Crippen LogP contribution in [0.15, 0.2) is 0 Å². The smallest absolute Gasteiger partial charge is 0.223 e. The summed E-state index contributed by atoms with van der Waals surface area (Å²) in [5, 5.41) is 0. The molecule has 0 aromatic carbocycles. The van der Waals surface area contributed by atoms with E-state index in [0.29, 0.717) is 11.6 Å². The second-order valence-corrected chi connectivity index (χ2v) is 15.9. The van der Waals surface area contributed by atoms with Gasteiger partial charge in [0.2, 0.25) is 5.95 Å². The summed E-state index contributed by atoms with van der Waals surface area (Å²) in [5.74, 6) is 0.945. The number of nitrogen functional groups attached to an aromatic ring is 1. The summed E-state index contributed by atoms with van der Waals surface area (Å²) in [4.78, 5) is 12.1. The predicted octanol–water partition coefficient (Wildman–Crippen LogP) is 4.04. The van der Waals surface area contributed by atoms with E-state index in [1.165, 1.54) is 0 Å². The number of rotatable bonds is 0. The average molecular weight is 598 g/mol. The third-order valence-corrected chi connectivity index (χ3v) is 3.29. The summed E-state index contributed by atoms with van der Waals surface area (Å²) in [6, 6.07) is 0. The van der Waals surface area contributed by atoms with Crippen LogP contribution in [0.1, 0.15) is 11.6 Å². The van der Waals surface area contributed by atoms with Crippen LogP contribution in [0.3, 0.4) is 0 Å². The van der Waals surface area contributed by atoms with Crippen LogP contribution < -0.4 is 5.73 Å². The fourth-order valence-electron chi connectivity index (χ4n) is 0.646. The molecule has 0 saturated carbocycles. The fourth-order valence-corrected chi connectivity index (χ4v) is 1.71. The van der Waals surface area contributed by atoms with E-state index in [1.807, 2.05) is 0 Å². The second kappa shape index (κ2) is 5.13. The van der Waals surface area contributed by atoms with E-state index in [0.717, 1.165) is 0 Å². The van der Waals surface area contributed by atoms with Crippen LogP contribution in [-0.4, -0.2) is 15.0 Å². The zero-order valence-corrected chi connectivity index (χ0v) is 16.2. The molecule has 0 bridgehead atoms. The maximum atomic E-state index is 5.57. The number of aromatic nitrogens is 3. The summed E-state index contributed by atoms with van der Waals surface area (Å²) in [7, 11) is 0. The van der Waals surface area contributed by atoms with Crippen molar-refractivity contribution in [3.8, 4) is 0 Å². The first-order valence-corrected chi connectivity index (χ1v) is 8.02. The molecule has 0 saturated heterocycles. The van der Waals surface area contributed by atoms with E-state index in [4.69, 9.17) is 5.73 Å². The molecule has 0 atom stereocenters. The van der Waals surface area contributed by atoms with Gasteiger partial charge in [-0.3, -0.25) is 0 Å². The highest BCUT2D eigenvalue weighted by Crippen LogP contribution is 2.46. The molecule has 10 heteroatoms. The van der Waals surface area contributed by atoms with Crippen molar-refractivity contribution >= 4 is 102 Å². The lowest BCUT2D eigenvalue weighted by Gasteiger charge is -2.15. The summed E-state index contributed by atoms with van der Waals surface area (Å²) < 4.78 is -1.45. The monoisotopic (exact) mass is 592 g/mol. The molecule has 0 amide bonds.